The molecule has 2 rings (SSSR count). The van der Waals surface area contributed by atoms with E-state index in [2.05, 4.69) is 23.2 Å². The maximum atomic E-state index is 11.8. The minimum atomic E-state index is -0.0636. The number of nitriles is 1. The molecule has 6 nitrogen and oxygen atoms in total. The zero-order valence-corrected chi connectivity index (χ0v) is 13.8. The predicted molar refractivity (Wildman–Crippen MR) is 89.5 cm³/mol. The van der Waals surface area contributed by atoms with E-state index in [9.17, 15) is 4.79 Å². The third-order valence-electron chi connectivity index (χ3n) is 3.79. The Kier molecular flexibility index (Phi) is 6.24. The number of carbonyl (C=O) groups excluding carboxylic acids is 1. The molecule has 0 bridgehead atoms. The first-order valence-corrected chi connectivity index (χ1v) is 7.96. The number of amides is 1. The second-order valence-corrected chi connectivity index (χ2v) is 5.70. The van der Waals surface area contributed by atoms with E-state index in [1.54, 1.807) is 0 Å². The van der Waals surface area contributed by atoms with Gasteiger partial charge in [-0.25, -0.2) is 0 Å². The number of fused-ring (bicyclic) bond motifs is 1. The number of ether oxygens (including phenoxy) is 1. The maximum Gasteiger partial charge on any atom is 0.234 e. The van der Waals surface area contributed by atoms with E-state index in [-0.39, 0.29) is 12.0 Å². The molecule has 23 heavy (non-hydrogen) atoms. The molecule has 1 aromatic rings. The summed E-state index contributed by atoms with van der Waals surface area (Å²) in [7, 11) is 1.91. The average molecular weight is 316 g/mol. The number of nitrogens with zero attached hydrogens (tertiary/aromatic N) is 3. The van der Waals surface area contributed by atoms with Gasteiger partial charge >= 0.3 is 0 Å². The first-order valence-electron chi connectivity index (χ1n) is 7.96. The number of likely N-dealkylation sites (N-methyl/N-ethyl adjacent to an activating group) is 2. The third-order valence-corrected chi connectivity index (χ3v) is 3.79. The van der Waals surface area contributed by atoms with Crippen LogP contribution in [-0.2, 0) is 4.79 Å². The summed E-state index contributed by atoms with van der Waals surface area (Å²) in [6.07, 6.45) is 0.366. The summed E-state index contributed by atoms with van der Waals surface area (Å²) in [6.45, 7) is 5.25. The van der Waals surface area contributed by atoms with Crippen LogP contribution in [0.5, 0.6) is 5.75 Å². The Bertz CT molecular complexity index is 570. The lowest BCUT2D eigenvalue weighted by molar-refractivity contribution is -0.122. The number of nitrogens with one attached hydrogen (secondary N) is 1. The Morgan fingerprint density at radius 1 is 1.52 bits per heavy atom. The second kappa shape index (κ2) is 8.39. The Morgan fingerprint density at radius 2 is 2.30 bits per heavy atom. The van der Waals surface area contributed by atoms with Crippen molar-refractivity contribution in [2.24, 2.45) is 0 Å². The van der Waals surface area contributed by atoms with Crippen molar-refractivity contribution in [2.75, 3.05) is 44.7 Å². The van der Waals surface area contributed by atoms with Gasteiger partial charge in [0.2, 0.25) is 5.91 Å². The number of hydrogen-bond acceptors (Lipinski definition) is 5. The number of carbonyl (C=O) groups is 1. The second-order valence-electron chi connectivity index (χ2n) is 5.70. The number of rotatable bonds is 7. The summed E-state index contributed by atoms with van der Waals surface area (Å²) in [6, 6.07) is 10.1. The van der Waals surface area contributed by atoms with Gasteiger partial charge in [0.25, 0.3) is 0 Å². The molecule has 1 aliphatic heterocycles. The lowest BCUT2D eigenvalue weighted by Gasteiger charge is -2.37. The van der Waals surface area contributed by atoms with Crippen molar-refractivity contribution in [3.63, 3.8) is 0 Å². The Hall–Kier alpha value is -2.26. The van der Waals surface area contributed by atoms with Crippen LogP contribution in [0.15, 0.2) is 24.3 Å². The first-order chi connectivity index (χ1) is 11.1. The molecule has 0 aliphatic carbocycles. The summed E-state index contributed by atoms with van der Waals surface area (Å²) < 4.78 is 6.06. The molecule has 0 aromatic heterocycles. The van der Waals surface area contributed by atoms with Crippen molar-refractivity contribution in [1.29, 1.82) is 5.26 Å². The van der Waals surface area contributed by atoms with Gasteiger partial charge in [-0.2, -0.15) is 5.26 Å². The highest BCUT2D eigenvalue weighted by atomic mass is 16.5. The minimum absolute atomic E-state index is 0.0294. The maximum absolute atomic E-state index is 11.8. The molecule has 0 unspecified atom stereocenters. The fourth-order valence-corrected chi connectivity index (χ4v) is 2.74. The Morgan fingerprint density at radius 3 is 3.04 bits per heavy atom. The van der Waals surface area contributed by atoms with E-state index in [0.717, 1.165) is 24.5 Å². The Labute approximate surface area is 137 Å². The molecular weight excluding hydrogens is 292 g/mol. The highest BCUT2D eigenvalue weighted by Crippen LogP contribution is 2.32. The van der Waals surface area contributed by atoms with Crippen LogP contribution >= 0.6 is 0 Å². The van der Waals surface area contributed by atoms with Crippen molar-refractivity contribution < 1.29 is 9.53 Å². The molecule has 1 aromatic carbocycles. The minimum Gasteiger partial charge on any atom is -0.485 e. The van der Waals surface area contributed by atoms with Crippen molar-refractivity contribution in [2.45, 2.75) is 19.4 Å². The standard InChI is InChI=1S/C17H24N4O2/c1-3-21-12-14(23-16-8-5-4-7-15(16)21)11-20(2)13-17(22)19-10-6-9-18/h4-5,7-8,14H,3,6,10-13H2,1-2H3,(H,19,22)/t14-/m0/s1. The van der Waals surface area contributed by atoms with Crippen molar-refractivity contribution in [1.82, 2.24) is 10.2 Å². The third kappa shape index (κ3) is 4.86. The predicted octanol–water partition coefficient (Wildman–Crippen LogP) is 1.24. The average Bonchev–Trinajstić information content (AvgIpc) is 2.54. The molecule has 6 heteroatoms. The number of para-hydroxylation sites is 2. The van der Waals surface area contributed by atoms with E-state index in [1.807, 2.05) is 36.2 Å². The summed E-state index contributed by atoms with van der Waals surface area (Å²) in [5, 5.41) is 11.2. The zero-order valence-electron chi connectivity index (χ0n) is 13.8. The number of anilines is 1. The Balaban J connectivity index is 1.86. The largest absolute Gasteiger partial charge is 0.485 e. The van der Waals surface area contributed by atoms with Gasteiger partial charge in [0.05, 0.1) is 31.3 Å². The van der Waals surface area contributed by atoms with E-state index in [0.29, 0.717) is 26.1 Å². The van der Waals surface area contributed by atoms with Crippen molar-refractivity contribution in [3.05, 3.63) is 24.3 Å². The summed E-state index contributed by atoms with van der Waals surface area (Å²) in [5.74, 6) is 0.837. The number of benzene rings is 1. The van der Waals surface area contributed by atoms with E-state index in [4.69, 9.17) is 10.00 Å². The zero-order chi connectivity index (χ0) is 16.7. The highest BCUT2D eigenvalue weighted by molar-refractivity contribution is 5.77. The van der Waals surface area contributed by atoms with Gasteiger partial charge in [-0.1, -0.05) is 12.1 Å². The van der Waals surface area contributed by atoms with Gasteiger partial charge in [0.15, 0.2) is 0 Å². The van der Waals surface area contributed by atoms with E-state index in [1.165, 1.54) is 0 Å². The molecule has 0 radical (unpaired) electrons. The van der Waals surface area contributed by atoms with Crippen LogP contribution in [0.2, 0.25) is 0 Å². The molecule has 1 heterocycles. The van der Waals surface area contributed by atoms with E-state index >= 15 is 0 Å². The van der Waals surface area contributed by atoms with E-state index < -0.39 is 0 Å². The van der Waals surface area contributed by atoms with Crippen LogP contribution in [0.4, 0.5) is 5.69 Å². The fraction of sp³-hybridized carbons (Fsp3) is 0.529. The number of hydrogen-bond donors (Lipinski definition) is 1. The van der Waals surface area contributed by atoms with Crippen LogP contribution in [0, 0.1) is 11.3 Å². The molecule has 0 spiro atoms. The van der Waals surface area contributed by atoms with Gasteiger partial charge in [-0.3, -0.25) is 9.69 Å². The van der Waals surface area contributed by atoms with Crippen LogP contribution in [0.25, 0.3) is 0 Å². The van der Waals surface area contributed by atoms with Gasteiger partial charge in [0, 0.05) is 19.6 Å². The van der Waals surface area contributed by atoms with Gasteiger partial charge < -0.3 is 15.0 Å². The molecular formula is C17H24N4O2. The molecule has 0 fully saturated rings. The molecule has 1 N–H and O–H groups in total. The van der Waals surface area contributed by atoms with Crippen LogP contribution in [0.1, 0.15) is 13.3 Å². The van der Waals surface area contributed by atoms with Crippen molar-refractivity contribution in [3.8, 4) is 11.8 Å². The van der Waals surface area contributed by atoms with Crippen LogP contribution < -0.4 is 15.0 Å². The molecule has 0 saturated heterocycles. The van der Waals surface area contributed by atoms with Crippen molar-refractivity contribution >= 4 is 11.6 Å². The van der Waals surface area contributed by atoms with Gasteiger partial charge in [0.1, 0.15) is 11.9 Å². The normalized spacial score (nSPS) is 16.4. The lowest BCUT2D eigenvalue weighted by Crippen LogP contribution is -2.47. The first kappa shape index (κ1) is 17.1. The quantitative estimate of drug-likeness (QED) is 0.767. The molecule has 1 amide bonds. The van der Waals surface area contributed by atoms with Gasteiger partial charge in [-0.05, 0) is 26.1 Å². The van der Waals surface area contributed by atoms with Crippen LogP contribution in [0.3, 0.4) is 0 Å². The van der Waals surface area contributed by atoms with Crippen LogP contribution in [-0.4, -0.2) is 56.7 Å². The molecule has 124 valence electrons. The SMILES string of the molecule is CCN1C[C@H](CN(C)CC(=O)NCCC#N)Oc2ccccc21. The molecule has 1 atom stereocenters. The fourth-order valence-electron chi connectivity index (χ4n) is 2.74. The smallest absolute Gasteiger partial charge is 0.234 e. The van der Waals surface area contributed by atoms with Gasteiger partial charge in [-0.15, -0.1) is 0 Å². The molecule has 1 aliphatic rings. The summed E-state index contributed by atoms with van der Waals surface area (Å²) in [5.41, 5.74) is 1.13. The monoisotopic (exact) mass is 316 g/mol. The highest BCUT2D eigenvalue weighted by Gasteiger charge is 2.25. The summed E-state index contributed by atoms with van der Waals surface area (Å²) >= 11 is 0. The summed E-state index contributed by atoms with van der Waals surface area (Å²) in [4.78, 5) is 16.0. The lowest BCUT2D eigenvalue weighted by atomic mass is 10.2. The topological polar surface area (TPSA) is 68.6 Å². The molecule has 0 saturated carbocycles.